The maximum absolute atomic E-state index is 12.4. The summed E-state index contributed by atoms with van der Waals surface area (Å²) in [6.45, 7) is 1.33. The van der Waals surface area contributed by atoms with Crippen LogP contribution in [0.1, 0.15) is 17.3 Å². The van der Waals surface area contributed by atoms with Gasteiger partial charge >= 0.3 is 5.97 Å². The summed E-state index contributed by atoms with van der Waals surface area (Å²) in [6.07, 6.45) is 0. The second-order valence-corrected chi connectivity index (χ2v) is 6.92. The normalized spacial score (nSPS) is 10.9. The highest BCUT2D eigenvalue weighted by Gasteiger charge is 2.19. The van der Waals surface area contributed by atoms with Crippen LogP contribution in [-0.2, 0) is 14.8 Å². The van der Waals surface area contributed by atoms with Crippen LogP contribution in [0.15, 0.2) is 47.4 Å². The average Bonchev–Trinajstić information content (AvgIpc) is 2.46. The van der Waals surface area contributed by atoms with Crippen molar-refractivity contribution in [3.05, 3.63) is 53.1 Å². The standard InChI is InChI=1S/C15H13ClN2O5S/c1-9(19)17-11-3-5-12(6-4-11)24(22,23)18-14-8-10(16)2-7-13(14)15(20)21/h2-8,18H,1H3,(H,17,19)(H,20,21). The molecule has 126 valence electrons. The van der Waals surface area contributed by atoms with E-state index >= 15 is 0 Å². The predicted molar refractivity (Wildman–Crippen MR) is 90.0 cm³/mol. The molecule has 0 spiro atoms. The molecule has 2 rings (SSSR count). The number of halogens is 1. The summed E-state index contributed by atoms with van der Waals surface area (Å²) in [4.78, 5) is 22.1. The maximum atomic E-state index is 12.4. The summed E-state index contributed by atoms with van der Waals surface area (Å²) >= 11 is 5.80. The van der Waals surface area contributed by atoms with Crippen LogP contribution in [-0.4, -0.2) is 25.4 Å². The van der Waals surface area contributed by atoms with Crippen LogP contribution in [0.25, 0.3) is 0 Å². The number of sulfonamides is 1. The van der Waals surface area contributed by atoms with Crippen molar-refractivity contribution in [2.75, 3.05) is 10.0 Å². The highest BCUT2D eigenvalue weighted by molar-refractivity contribution is 7.92. The Morgan fingerprint density at radius 1 is 1.08 bits per heavy atom. The molecule has 0 saturated heterocycles. The van der Waals surface area contributed by atoms with Crippen molar-refractivity contribution >= 4 is 44.9 Å². The molecular weight excluding hydrogens is 356 g/mol. The molecule has 1 amide bonds. The molecule has 3 N–H and O–H groups in total. The van der Waals surface area contributed by atoms with Crippen molar-refractivity contribution in [3.8, 4) is 0 Å². The Morgan fingerprint density at radius 3 is 2.25 bits per heavy atom. The van der Waals surface area contributed by atoms with Crippen molar-refractivity contribution in [3.63, 3.8) is 0 Å². The Kier molecular flexibility index (Phi) is 5.10. The third-order valence-corrected chi connectivity index (χ3v) is 4.56. The first-order valence-electron chi connectivity index (χ1n) is 6.62. The number of anilines is 2. The Morgan fingerprint density at radius 2 is 1.71 bits per heavy atom. The summed E-state index contributed by atoms with van der Waals surface area (Å²) in [5.41, 5.74) is 0.0780. The molecule has 24 heavy (non-hydrogen) atoms. The molecule has 0 atom stereocenters. The van der Waals surface area contributed by atoms with E-state index in [0.29, 0.717) is 5.69 Å². The van der Waals surface area contributed by atoms with Gasteiger partial charge in [0.2, 0.25) is 5.91 Å². The number of rotatable bonds is 5. The lowest BCUT2D eigenvalue weighted by molar-refractivity contribution is -0.114. The topological polar surface area (TPSA) is 113 Å². The first-order chi connectivity index (χ1) is 11.2. The fourth-order valence-corrected chi connectivity index (χ4v) is 3.15. The van der Waals surface area contributed by atoms with Gasteiger partial charge in [0.25, 0.3) is 10.0 Å². The number of amides is 1. The molecule has 7 nitrogen and oxygen atoms in total. The van der Waals surface area contributed by atoms with Gasteiger partial charge in [-0.2, -0.15) is 0 Å². The van der Waals surface area contributed by atoms with Gasteiger partial charge in [-0.05, 0) is 42.5 Å². The largest absolute Gasteiger partial charge is 0.478 e. The summed E-state index contributed by atoms with van der Waals surface area (Å²) in [5, 5.41) is 11.8. The van der Waals surface area contributed by atoms with Gasteiger partial charge in [-0.3, -0.25) is 9.52 Å². The fourth-order valence-electron chi connectivity index (χ4n) is 1.91. The van der Waals surface area contributed by atoms with Crippen LogP contribution in [0.2, 0.25) is 5.02 Å². The lowest BCUT2D eigenvalue weighted by Crippen LogP contribution is -2.15. The van der Waals surface area contributed by atoms with Crippen LogP contribution in [0, 0.1) is 0 Å². The lowest BCUT2D eigenvalue weighted by atomic mass is 10.2. The van der Waals surface area contributed by atoms with Gasteiger partial charge in [0.05, 0.1) is 16.1 Å². The summed E-state index contributed by atoms with van der Waals surface area (Å²) in [6, 6.07) is 9.21. The van der Waals surface area contributed by atoms with Crippen molar-refractivity contribution in [1.29, 1.82) is 0 Å². The number of nitrogens with one attached hydrogen (secondary N) is 2. The van der Waals surface area contributed by atoms with Gasteiger partial charge in [0.1, 0.15) is 0 Å². The summed E-state index contributed by atoms with van der Waals surface area (Å²) < 4.78 is 27.0. The van der Waals surface area contributed by atoms with Crippen LogP contribution < -0.4 is 10.0 Å². The number of carboxylic acid groups (broad SMARTS) is 1. The first kappa shape index (κ1) is 17.8. The van der Waals surface area contributed by atoms with Crippen molar-refractivity contribution in [2.24, 2.45) is 0 Å². The van der Waals surface area contributed by atoms with Gasteiger partial charge in [-0.25, -0.2) is 13.2 Å². The highest BCUT2D eigenvalue weighted by atomic mass is 35.5. The highest BCUT2D eigenvalue weighted by Crippen LogP contribution is 2.24. The first-order valence-corrected chi connectivity index (χ1v) is 8.48. The van der Waals surface area contributed by atoms with Gasteiger partial charge in [-0.15, -0.1) is 0 Å². The molecule has 0 saturated carbocycles. The van der Waals surface area contributed by atoms with E-state index in [1.807, 2.05) is 0 Å². The number of hydrogen-bond donors (Lipinski definition) is 3. The van der Waals surface area contributed by atoms with E-state index in [1.165, 1.54) is 49.4 Å². The van der Waals surface area contributed by atoms with Crippen LogP contribution in [0.5, 0.6) is 0 Å². The van der Waals surface area contributed by atoms with E-state index in [9.17, 15) is 18.0 Å². The van der Waals surface area contributed by atoms with Gasteiger partial charge in [0.15, 0.2) is 0 Å². The molecule has 0 aliphatic rings. The monoisotopic (exact) mass is 368 g/mol. The summed E-state index contributed by atoms with van der Waals surface area (Å²) in [7, 11) is -4.02. The van der Waals surface area contributed by atoms with E-state index in [1.54, 1.807) is 0 Å². The van der Waals surface area contributed by atoms with Crippen molar-refractivity contribution in [1.82, 2.24) is 0 Å². The third-order valence-electron chi connectivity index (χ3n) is 2.94. The van der Waals surface area contributed by atoms with Gasteiger partial charge in [-0.1, -0.05) is 11.6 Å². The smallest absolute Gasteiger partial charge is 0.337 e. The van der Waals surface area contributed by atoms with Crippen molar-refractivity contribution < 1.29 is 23.1 Å². The van der Waals surface area contributed by atoms with E-state index in [4.69, 9.17) is 16.7 Å². The van der Waals surface area contributed by atoms with E-state index < -0.39 is 16.0 Å². The Labute approximate surface area is 143 Å². The Hall–Kier alpha value is -2.58. The number of carbonyl (C=O) groups excluding carboxylic acids is 1. The molecule has 0 fully saturated rings. The van der Waals surface area contributed by atoms with Crippen molar-refractivity contribution in [2.45, 2.75) is 11.8 Å². The van der Waals surface area contributed by atoms with E-state index in [-0.39, 0.29) is 27.1 Å². The van der Waals surface area contributed by atoms with Crippen LogP contribution >= 0.6 is 11.6 Å². The molecule has 0 unspecified atom stereocenters. The van der Waals surface area contributed by atoms with Gasteiger partial charge < -0.3 is 10.4 Å². The molecule has 0 aromatic heterocycles. The van der Waals surface area contributed by atoms with Gasteiger partial charge in [0, 0.05) is 17.6 Å². The zero-order valence-corrected chi connectivity index (χ0v) is 14.0. The molecule has 2 aromatic carbocycles. The fraction of sp³-hybridized carbons (Fsp3) is 0.0667. The number of aromatic carboxylic acids is 1. The molecule has 9 heteroatoms. The Bertz CT molecular complexity index is 895. The molecule has 0 bridgehead atoms. The average molecular weight is 369 g/mol. The number of benzene rings is 2. The molecule has 0 heterocycles. The minimum absolute atomic E-state index is 0.0899. The third kappa shape index (κ3) is 4.24. The van der Waals surface area contributed by atoms with Crippen LogP contribution in [0.3, 0.4) is 0 Å². The molecule has 0 aliphatic carbocycles. The lowest BCUT2D eigenvalue weighted by Gasteiger charge is -2.11. The molecular formula is C15H13ClN2O5S. The SMILES string of the molecule is CC(=O)Nc1ccc(S(=O)(=O)Nc2cc(Cl)ccc2C(=O)O)cc1. The minimum atomic E-state index is -4.02. The molecule has 0 aliphatic heterocycles. The number of carbonyl (C=O) groups is 2. The molecule has 2 aromatic rings. The minimum Gasteiger partial charge on any atom is -0.478 e. The van der Waals surface area contributed by atoms with E-state index in [0.717, 1.165) is 0 Å². The molecule has 0 radical (unpaired) electrons. The second-order valence-electron chi connectivity index (χ2n) is 4.81. The second kappa shape index (κ2) is 6.90. The predicted octanol–water partition coefficient (Wildman–Crippen LogP) is 2.80. The zero-order valence-electron chi connectivity index (χ0n) is 12.4. The van der Waals surface area contributed by atoms with Crippen LogP contribution in [0.4, 0.5) is 11.4 Å². The zero-order chi connectivity index (χ0) is 17.9. The van der Waals surface area contributed by atoms with E-state index in [2.05, 4.69) is 10.0 Å². The number of hydrogen-bond acceptors (Lipinski definition) is 4. The number of carboxylic acids is 1. The quantitative estimate of drug-likeness (QED) is 0.751. The summed E-state index contributed by atoms with van der Waals surface area (Å²) in [5.74, 6) is -1.57. The maximum Gasteiger partial charge on any atom is 0.337 e. The Balaban J connectivity index is 2.33.